The Balaban J connectivity index is 1.79. The maximum absolute atomic E-state index is 13.6. The maximum atomic E-state index is 13.6. The highest BCUT2D eigenvalue weighted by Gasteiger charge is 2.15. The topological polar surface area (TPSA) is 61.4 Å². The zero-order valence-electron chi connectivity index (χ0n) is 15.5. The first-order chi connectivity index (χ1) is 13.4. The molecule has 28 heavy (non-hydrogen) atoms. The van der Waals surface area contributed by atoms with Crippen molar-refractivity contribution >= 4 is 29.1 Å². The number of likely N-dealkylation sites (N-methyl/N-ethyl adjacent to an activating group) is 1. The average Bonchev–Trinajstić information content (AvgIpc) is 2.67. The summed E-state index contributed by atoms with van der Waals surface area (Å²) < 4.78 is 27.2. The van der Waals surface area contributed by atoms with E-state index in [9.17, 15) is 18.4 Å². The zero-order chi connectivity index (χ0) is 20.5. The predicted octanol–water partition coefficient (Wildman–Crippen LogP) is 3.59. The lowest BCUT2D eigenvalue weighted by Gasteiger charge is -2.19. The minimum atomic E-state index is -0.838. The lowest BCUT2D eigenvalue weighted by molar-refractivity contribution is -0.122. The minimum Gasteiger partial charge on any atom is -0.352 e. The fourth-order valence-electron chi connectivity index (χ4n) is 2.53. The summed E-state index contributed by atoms with van der Waals surface area (Å²) >= 11 is 6.05. The van der Waals surface area contributed by atoms with Gasteiger partial charge in [0, 0.05) is 24.5 Å². The Kier molecular flexibility index (Phi) is 8.35. The molecule has 0 aliphatic carbocycles. The molecule has 2 N–H and O–H groups in total. The van der Waals surface area contributed by atoms with Gasteiger partial charge in [-0.3, -0.25) is 14.5 Å². The summed E-state index contributed by atoms with van der Waals surface area (Å²) in [5.41, 5.74) is 0.345. The second-order valence-electron chi connectivity index (χ2n) is 6.13. The molecule has 0 bridgehead atoms. The molecule has 0 unspecified atom stereocenters. The van der Waals surface area contributed by atoms with Crippen molar-refractivity contribution in [3.05, 3.63) is 64.7 Å². The van der Waals surface area contributed by atoms with Crippen LogP contribution in [0.25, 0.3) is 0 Å². The molecule has 0 saturated carbocycles. The first kappa shape index (κ1) is 21.8. The highest BCUT2D eigenvalue weighted by Crippen LogP contribution is 2.18. The quantitative estimate of drug-likeness (QED) is 0.665. The third-order valence-electron chi connectivity index (χ3n) is 4.13. The van der Waals surface area contributed by atoms with Crippen LogP contribution in [0.15, 0.2) is 42.5 Å². The van der Waals surface area contributed by atoms with Crippen LogP contribution in [0.1, 0.15) is 18.9 Å². The second-order valence-corrected chi connectivity index (χ2v) is 6.54. The normalized spacial score (nSPS) is 10.8. The largest absolute Gasteiger partial charge is 0.352 e. The third-order valence-corrected chi connectivity index (χ3v) is 4.50. The molecule has 0 heterocycles. The van der Waals surface area contributed by atoms with Gasteiger partial charge < -0.3 is 10.6 Å². The Morgan fingerprint density at radius 1 is 1.04 bits per heavy atom. The fourth-order valence-corrected chi connectivity index (χ4v) is 2.73. The third kappa shape index (κ3) is 6.58. The molecule has 0 radical (unpaired) electrons. The van der Waals surface area contributed by atoms with Crippen molar-refractivity contribution in [1.82, 2.24) is 10.2 Å². The average molecular weight is 410 g/mol. The molecule has 2 amide bonds. The molecule has 8 heteroatoms. The van der Waals surface area contributed by atoms with Gasteiger partial charge in [0.25, 0.3) is 0 Å². The number of carbonyl (C=O) groups is 2. The van der Waals surface area contributed by atoms with Crippen LogP contribution < -0.4 is 10.6 Å². The van der Waals surface area contributed by atoms with Crippen LogP contribution in [0.2, 0.25) is 5.02 Å². The number of para-hydroxylation sites is 1. The summed E-state index contributed by atoms with van der Waals surface area (Å²) in [4.78, 5) is 25.8. The predicted molar refractivity (Wildman–Crippen MR) is 105 cm³/mol. The van der Waals surface area contributed by atoms with Crippen molar-refractivity contribution < 1.29 is 18.4 Å². The van der Waals surface area contributed by atoms with Crippen molar-refractivity contribution in [2.75, 3.05) is 25.0 Å². The molecule has 2 rings (SSSR count). The maximum Gasteiger partial charge on any atom is 0.238 e. The van der Waals surface area contributed by atoms with Gasteiger partial charge in [-0.1, -0.05) is 42.8 Å². The van der Waals surface area contributed by atoms with Gasteiger partial charge >= 0.3 is 0 Å². The van der Waals surface area contributed by atoms with Crippen molar-refractivity contribution in [1.29, 1.82) is 0 Å². The Morgan fingerprint density at radius 3 is 2.36 bits per heavy atom. The lowest BCUT2D eigenvalue weighted by atomic mass is 10.2. The number of benzene rings is 2. The summed E-state index contributed by atoms with van der Waals surface area (Å²) in [6.07, 6.45) is 0.180. The summed E-state index contributed by atoms with van der Waals surface area (Å²) in [6, 6.07) is 10.6. The van der Waals surface area contributed by atoms with Crippen LogP contribution in [-0.2, 0) is 16.1 Å². The van der Waals surface area contributed by atoms with Gasteiger partial charge in [-0.05, 0) is 30.3 Å². The van der Waals surface area contributed by atoms with E-state index in [0.29, 0.717) is 24.7 Å². The molecular weight excluding hydrogens is 388 g/mol. The van der Waals surface area contributed by atoms with Crippen LogP contribution in [-0.4, -0.2) is 36.3 Å². The minimum absolute atomic E-state index is 0.0813. The molecule has 0 aliphatic heterocycles. The Morgan fingerprint density at radius 2 is 1.71 bits per heavy atom. The van der Waals surface area contributed by atoms with Crippen LogP contribution >= 0.6 is 11.6 Å². The van der Waals surface area contributed by atoms with Crippen LogP contribution in [0, 0.1) is 11.6 Å². The molecule has 0 fully saturated rings. The van der Waals surface area contributed by atoms with Gasteiger partial charge in [-0.25, -0.2) is 8.78 Å². The molecule has 0 spiro atoms. The highest BCUT2D eigenvalue weighted by molar-refractivity contribution is 6.31. The van der Waals surface area contributed by atoms with Gasteiger partial charge in [0.15, 0.2) is 0 Å². The molecular formula is C20H22ClF2N3O2. The van der Waals surface area contributed by atoms with Crippen LogP contribution in [0.4, 0.5) is 14.5 Å². The van der Waals surface area contributed by atoms with Crippen molar-refractivity contribution in [3.63, 3.8) is 0 Å². The number of carbonyl (C=O) groups excluding carboxylic acids is 2. The number of hydrogen-bond acceptors (Lipinski definition) is 3. The highest BCUT2D eigenvalue weighted by atomic mass is 35.5. The van der Waals surface area contributed by atoms with E-state index in [1.165, 1.54) is 6.07 Å². The zero-order valence-corrected chi connectivity index (χ0v) is 16.2. The van der Waals surface area contributed by atoms with E-state index in [1.807, 2.05) is 25.1 Å². The first-order valence-electron chi connectivity index (χ1n) is 8.87. The summed E-state index contributed by atoms with van der Waals surface area (Å²) in [5, 5.41) is 5.59. The standard InChI is InChI=1S/C20H22ClF2N3O2/c1-2-26(13-19(28)25-20-16(22)8-5-9-17(20)23)11-10-18(27)24-12-14-6-3-4-7-15(14)21/h3-9H,2,10-13H2,1H3,(H,24,27)(H,25,28). The first-order valence-corrected chi connectivity index (χ1v) is 9.24. The fraction of sp³-hybridized carbons (Fsp3) is 0.300. The van der Waals surface area contributed by atoms with E-state index in [4.69, 9.17) is 11.6 Å². The van der Waals surface area contributed by atoms with Gasteiger partial charge in [0.2, 0.25) is 11.8 Å². The van der Waals surface area contributed by atoms with E-state index >= 15 is 0 Å². The molecule has 0 atom stereocenters. The number of amides is 2. The van der Waals surface area contributed by atoms with E-state index in [0.717, 1.165) is 17.7 Å². The number of anilines is 1. The molecule has 5 nitrogen and oxygen atoms in total. The van der Waals surface area contributed by atoms with Gasteiger partial charge in [0.1, 0.15) is 17.3 Å². The Hall–Kier alpha value is -2.51. The van der Waals surface area contributed by atoms with E-state index < -0.39 is 23.2 Å². The molecule has 0 aromatic heterocycles. The van der Waals surface area contributed by atoms with E-state index in [-0.39, 0.29) is 18.9 Å². The smallest absolute Gasteiger partial charge is 0.238 e. The van der Waals surface area contributed by atoms with Crippen molar-refractivity contribution in [2.24, 2.45) is 0 Å². The Labute approximate surface area is 167 Å². The summed E-state index contributed by atoms with van der Waals surface area (Å²) in [7, 11) is 0. The van der Waals surface area contributed by atoms with Gasteiger partial charge in [0.05, 0.1) is 6.54 Å². The molecule has 0 saturated heterocycles. The summed E-state index contributed by atoms with van der Waals surface area (Å²) in [5.74, 6) is -2.41. The number of rotatable bonds is 9. The van der Waals surface area contributed by atoms with Gasteiger partial charge in [-0.15, -0.1) is 0 Å². The number of nitrogens with zero attached hydrogens (tertiary/aromatic N) is 1. The van der Waals surface area contributed by atoms with Crippen molar-refractivity contribution in [2.45, 2.75) is 19.9 Å². The Bertz CT molecular complexity index is 813. The van der Waals surface area contributed by atoms with Crippen molar-refractivity contribution in [3.8, 4) is 0 Å². The second kappa shape index (κ2) is 10.7. The van der Waals surface area contributed by atoms with E-state index in [1.54, 1.807) is 11.0 Å². The number of hydrogen-bond donors (Lipinski definition) is 2. The molecule has 150 valence electrons. The van der Waals surface area contributed by atoms with Crippen LogP contribution in [0.3, 0.4) is 0 Å². The number of nitrogens with one attached hydrogen (secondary N) is 2. The molecule has 0 aliphatic rings. The summed E-state index contributed by atoms with van der Waals surface area (Å²) in [6.45, 7) is 2.90. The number of halogens is 3. The van der Waals surface area contributed by atoms with Gasteiger partial charge in [-0.2, -0.15) is 0 Å². The van der Waals surface area contributed by atoms with Crippen LogP contribution in [0.5, 0.6) is 0 Å². The SMILES string of the molecule is CCN(CCC(=O)NCc1ccccc1Cl)CC(=O)Nc1c(F)cccc1F. The molecule has 2 aromatic carbocycles. The lowest BCUT2D eigenvalue weighted by Crippen LogP contribution is -2.36. The molecule has 2 aromatic rings. The monoisotopic (exact) mass is 409 g/mol. The van der Waals surface area contributed by atoms with E-state index in [2.05, 4.69) is 10.6 Å².